The molecule has 3 rings (SSSR count). The molecule has 1 saturated heterocycles. The maximum atomic E-state index is 11.1. The molecule has 2 fully saturated rings. The molecule has 1 heterocycles. The largest absolute Gasteiger partial charge is 0.389 e. The smallest absolute Gasteiger partial charge is 0.0728 e. The van der Waals surface area contributed by atoms with Crippen molar-refractivity contribution >= 4 is 15.9 Å². The van der Waals surface area contributed by atoms with E-state index in [0.717, 1.165) is 56.5 Å². The topological polar surface area (TPSA) is 26.7 Å². The lowest BCUT2D eigenvalue weighted by atomic mass is 9.68. The lowest BCUT2D eigenvalue weighted by Crippen LogP contribution is -2.55. The van der Waals surface area contributed by atoms with Crippen LogP contribution in [0.5, 0.6) is 0 Å². The van der Waals surface area contributed by atoms with Gasteiger partial charge in [0.2, 0.25) is 0 Å². The van der Waals surface area contributed by atoms with Crippen molar-refractivity contribution in [3.63, 3.8) is 0 Å². The van der Waals surface area contributed by atoms with Crippen molar-refractivity contribution in [1.29, 1.82) is 0 Å². The van der Waals surface area contributed by atoms with Gasteiger partial charge in [-0.25, -0.2) is 0 Å². The molecular formula is C20H31BrN2O. The fourth-order valence-corrected chi connectivity index (χ4v) is 4.29. The highest BCUT2D eigenvalue weighted by Gasteiger charge is 2.43. The third kappa shape index (κ3) is 4.04. The Bertz CT molecular complexity index is 540. The Morgan fingerprint density at radius 1 is 1.08 bits per heavy atom. The van der Waals surface area contributed by atoms with Crippen LogP contribution in [-0.4, -0.2) is 58.8 Å². The molecule has 0 bridgehead atoms. The summed E-state index contributed by atoms with van der Waals surface area (Å²) < 4.78 is 1.10. The van der Waals surface area contributed by atoms with Crippen molar-refractivity contribution < 1.29 is 5.11 Å². The van der Waals surface area contributed by atoms with Gasteiger partial charge in [0, 0.05) is 48.7 Å². The van der Waals surface area contributed by atoms with Crippen LogP contribution in [0.4, 0.5) is 0 Å². The summed E-state index contributed by atoms with van der Waals surface area (Å²) in [5, 5.41) is 11.1. The third-order valence-electron chi connectivity index (χ3n) is 5.90. The average Bonchev–Trinajstić information content (AvgIpc) is 2.51. The molecule has 1 atom stereocenters. The first-order valence-corrected chi connectivity index (χ1v) is 10.0. The molecule has 24 heavy (non-hydrogen) atoms. The van der Waals surface area contributed by atoms with E-state index in [-0.39, 0.29) is 11.5 Å². The van der Waals surface area contributed by atoms with E-state index in [1.807, 2.05) is 0 Å². The summed E-state index contributed by atoms with van der Waals surface area (Å²) in [7, 11) is 0. The van der Waals surface area contributed by atoms with Crippen LogP contribution in [0.25, 0.3) is 0 Å². The molecule has 1 aliphatic heterocycles. The average molecular weight is 395 g/mol. The van der Waals surface area contributed by atoms with Crippen LogP contribution in [0, 0.1) is 0 Å². The van der Waals surface area contributed by atoms with E-state index >= 15 is 0 Å². The summed E-state index contributed by atoms with van der Waals surface area (Å²) in [5.41, 5.74) is 1.02. The first kappa shape index (κ1) is 18.4. The maximum Gasteiger partial charge on any atom is 0.0728 e. The summed E-state index contributed by atoms with van der Waals surface area (Å²) in [4.78, 5) is 5.11. The van der Waals surface area contributed by atoms with Crippen molar-refractivity contribution in [3.8, 4) is 0 Å². The normalized spacial score (nSPS) is 23.7. The molecule has 1 N–H and O–H groups in total. The lowest BCUT2D eigenvalue weighted by Gasteiger charge is -2.47. The molecule has 1 saturated carbocycles. The standard InChI is InChI=1S/C20H31BrN2O/c1-19(2,3)23-13-11-22(12-14-23)15-18(20(24)9-4-10-20)16-5-7-17(21)8-6-16/h5-8,18,24H,4,9-15H2,1-3H3. The Kier molecular flexibility index (Phi) is 5.41. The number of benzene rings is 1. The molecule has 0 radical (unpaired) electrons. The molecule has 1 aliphatic carbocycles. The van der Waals surface area contributed by atoms with Crippen LogP contribution in [0.2, 0.25) is 0 Å². The van der Waals surface area contributed by atoms with Gasteiger partial charge in [-0.1, -0.05) is 28.1 Å². The summed E-state index contributed by atoms with van der Waals surface area (Å²) in [6.45, 7) is 12.3. The van der Waals surface area contributed by atoms with Crippen LogP contribution in [0.1, 0.15) is 51.5 Å². The van der Waals surface area contributed by atoms with E-state index in [2.05, 4.69) is 70.8 Å². The van der Waals surface area contributed by atoms with Gasteiger partial charge < -0.3 is 10.0 Å². The Hall–Kier alpha value is -0.420. The monoisotopic (exact) mass is 394 g/mol. The summed E-state index contributed by atoms with van der Waals surface area (Å²) in [6.07, 6.45) is 3.03. The minimum atomic E-state index is -0.505. The van der Waals surface area contributed by atoms with E-state index in [4.69, 9.17) is 0 Å². The highest BCUT2D eigenvalue weighted by Crippen LogP contribution is 2.44. The number of aliphatic hydroxyl groups is 1. The van der Waals surface area contributed by atoms with Crippen molar-refractivity contribution in [3.05, 3.63) is 34.3 Å². The predicted molar refractivity (Wildman–Crippen MR) is 103 cm³/mol. The fourth-order valence-electron chi connectivity index (χ4n) is 4.03. The van der Waals surface area contributed by atoms with E-state index in [9.17, 15) is 5.11 Å². The lowest BCUT2D eigenvalue weighted by molar-refractivity contribution is -0.0683. The molecule has 2 aliphatic rings. The van der Waals surface area contributed by atoms with Gasteiger partial charge in [0.25, 0.3) is 0 Å². The zero-order valence-electron chi connectivity index (χ0n) is 15.3. The first-order valence-electron chi connectivity index (χ1n) is 9.23. The summed E-state index contributed by atoms with van der Waals surface area (Å²) >= 11 is 3.52. The minimum Gasteiger partial charge on any atom is -0.389 e. The molecule has 1 aromatic carbocycles. The van der Waals surface area contributed by atoms with E-state index in [0.29, 0.717) is 0 Å². The molecule has 3 nitrogen and oxygen atoms in total. The Labute approximate surface area is 155 Å². The second-order valence-electron chi connectivity index (χ2n) is 8.52. The van der Waals surface area contributed by atoms with Crippen LogP contribution in [0.15, 0.2) is 28.7 Å². The zero-order chi connectivity index (χ0) is 17.4. The van der Waals surface area contributed by atoms with Gasteiger partial charge in [-0.05, 0) is 57.7 Å². The molecule has 0 aromatic heterocycles. The molecule has 0 spiro atoms. The number of piperazine rings is 1. The number of nitrogens with zero attached hydrogens (tertiary/aromatic N) is 2. The Morgan fingerprint density at radius 3 is 2.12 bits per heavy atom. The highest BCUT2D eigenvalue weighted by atomic mass is 79.9. The number of rotatable bonds is 4. The molecule has 134 valence electrons. The second-order valence-corrected chi connectivity index (χ2v) is 9.44. The molecule has 1 unspecified atom stereocenters. The van der Waals surface area contributed by atoms with Gasteiger partial charge >= 0.3 is 0 Å². The number of hydrogen-bond donors (Lipinski definition) is 1. The van der Waals surface area contributed by atoms with Gasteiger partial charge in [-0.15, -0.1) is 0 Å². The van der Waals surface area contributed by atoms with Gasteiger partial charge in [-0.2, -0.15) is 0 Å². The number of hydrogen-bond acceptors (Lipinski definition) is 3. The van der Waals surface area contributed by atoms with Gasteiger partial charge in [0.1, 0.15) is 0 Å². The Balaban J connectivity index is 1.68. The molecule has 1 aromatic rings. The fraction of sp³-hybridized carbons (Fsp3) is 0.700. The maximum absolute atomic E-state index is 11.1. The van der Waals surface area contributed by atoms with Gasteiger partial charge in [0.15, 0.2) is 0 Å². The Morgan fingerprint density at radius 2 is 1.67 bits per heavy atom. The van der Waals surface area contributed by atoms with Crippen LogP contribution >= 0.6 is 15.9 Å². The molecule has 0 amide bonds. The van der Waals surface area contributed by atoms with E-state index < -0.39 is 5.60 Å². The summed E-state index contributed by atoms with van der Waals surface area (Å²) in [6, 6.07) is 8.55. The molecule has 4 heteroatoms. The van der Waals surface area contributed by atoms with Gasteiger partial charge in [0.05, 0.1) is 5.60 Å². The van der Waals surface area contributed by atoms with Crippen molar-refractivity contribution in [2.24, 2.45) is 0 Å². The summed E-state index contributed by atoms with van der Waals surface area (Å²) in [5.74, 6) is 0.223. The second kappa shape index (κ2) is 7.06. The van der Waals surface area contributed by atoms with E-state index in [1.165, 1.54) is 5.56 Å². The van der Waals surface area contributed by atoms with Crippen molar-refractivity contribution in [1.82, 2.24) is 9.80 Å². The predicted octanol–water partition coefficient (Wildman–Crippen LogP) is 3.86. The minimum absolute atomic E-state index is 0.223. The van der Waals surface area contributed by atoms with Gasteiger partial charge in [-0.3, -0.25) is 4.90 Å². The van der Waals surface area contributed by atoms with Crippen molar-refractivity contribution in [2.75, 3.05) is 32.7 Å². The van der Waals surface area contributed by atoms with Crippen LogP contribution in [0.3, 0.4) is 0 Å². The quantitative estimate of drug-likeness (QED) is 0.839. The van der Waals surface area contributed by atoms with E-state index in [1.54, 1.807) is 0 Å². The third-order valence-corrected chi connectivity index (χ3v) is 6.43. The van der Waals surface area contributed by atoms with Crippen LogP contribution in [-0.2, 0) is 0 Å². The first-order chi connectivity index (χ1) is 11.3. The highest BCUT2D eigenvalue weighted by molar-refractivity contribution is 9.10. The van der Waals surface area contributed by atoms with Crippen molar-refractivity contribution in [2.45, 2.75) is 57.1 Å². The molecular weight excluding hydrogens is 364 g/mol. The SMILES string of the molecule is CC(C)(C)N1CCN(CC(c2ccc(Br)cc2)C2(O)CCC2)CC1. The van der Waals surface area contributed by atoms with Crippen LogP contribution < -0.4 is 0 Å². The zero-order valence-corrected chi connectivity index (χ0v) is 16.8. The number of halogens is 1.